The predicted octanol–water partition coefficient (Wildman–Crippen LogP) is 0.829. The summed E-state index contributed by atoms with van der Waals surface area (Å²) in [5, 5.41) is 18.6. The molecule has 0 atom stereocenters. The normalized spacial score (nSPS) is 14.8. The van der Waals surface area contributed by atoms with E-state index in [9.17, 15) is 4.79 Å². The van der Waals surface area contributed by atoms with Gasteiger partial charge in [-0.3, -0.25) is 4.79 Å². The third kappa shape index (κ3) is 3.88. The van der Waals surface area contributed by atoms with Crippen LogP contribution in [0.4, 0.5) is 0 Å². The Hall–Kier alpha value is -2.23. The van der Waals surface area contributed by atoms with Gasteiger partial charge in [0.25, 0.3) is 0 Å². The fraction of sp³-hybridized carbons (Fsp3) is 0.615. The Bertz CT molecular complexity index is 535. The van der Waals surface area contributed by atoms with E-state index in [-0.39, 0.29) is 11.6 Å². The van der Waals surface area contributed by atoms with Crippen molar-refractivity contribution in [3.63, 3.8) is 0 Å². The second kappa shape index (κ2) is 6.28. The molecule has 0 saturated heterocycles. The van der Waals surface area contributed by atoms with Crippen molar-refractivity contribution in [1.82, 2.24) is 20.1 Å². The molecule has 7 nitrogen and oxygen atoms in total. The van der Waals surface area contributed by atoms with Crippen LogP contribution in [0.25, 0.3) is 0 Å². The molecular weight excluding hydrogens is 256 g/mol. The molecule has 0 spiro atoms. The van der Waals surface area contributed by atoms with Gasteiger partial charge in [0, 0.05) is 45.7 Å². The third-order valence-corrected chi connectivity index (χ3v) is 3.28. The number of rotatable bonds is 8. The van der Waals surface area contributed by atoms with E-state index >= 15 is 0 Å². The standard InChI is InChI=1S/C13H18N6O/c1-3-4-7-13(17-18-13)8-5-12(20)14-9-6-11-16-15-10-19(11)2/h1,10H,4-9H2,2H3,(H,14,20). The molecule has 0 radical (unpaired) electrons. The van der Waals surface area contributed by atoms with Crippen LogP contribution in [0.3, 0.4) is 0 Å². The molecule has 0 aliphatic carbocycles. The van der Waals surface area contributed by atoms with E-state index in [1.165, 1.54) is 0 Å². The van der Waals surface area contributed by atoms with Crippen molar-refractivity contribution in [2.24, 2.45) is 17.3 Å². The lowest BCUT2D eigenvalue weighted by molar-refractivity contribution is -0.121. The van der Waals surface area contributed by atoms with Gasteiger partial charge in [-0.15, -0.1) is 22.5 Å². The van der Waals surface area contributed by atoms with Crippen LogP contribution in [0, 0.1) is 12.3 Å². The molecule has 0 unspecified atom stereocenters. The average Bonchev–Trinajstić information content (AvgIpc) is 3.11. The summed E-state index contributed by atoms with van der Waals surface area (Å²) in [6.45, 7) is 0.553. The Labute approximate surface area is 117 Å². The summed E-state index contributed by atoms with van der Waals surface area (Å²) < 4.78 is 1.84. The van der Waals surface area contributed by atoms with E-state index in [0.717, 1.165) is 12.2 Å². The highest BCUT2D eigenvalue weighted by molar-refractivity contribution is 5.75. The number of nitrogens with one attached hydrogen (secondary N) is 1. The molecular formula is C13H18N6O. The zero-order chi connectivity index (χ0) is 14.4. The Balaban J connectivity index is 1.62. The van der Waals surface area contributed by atoms with Crippen LogP contribution in [0.1, 0.15) is 31.5 Å². The predicted molar refractivity (Wildman–Crippen MR) is 72.6 cm³/mol. The molecule has 0 aromatic carbocycles. The Morgan fingerprint density at radius 1 is 1.50 bits per heavy atom. The molecule has 0 bridgehead atoms. The van der Waals surface area contributed by atoms with E-state index in [1.807, 2.05) is 11.6 Å². The number of terminal acetylenes is 1. The molecule has 2 rings (SSSR count). The van der Waals surface area contributed by atoms with E-state index in [2.05, 4.69) is 31.7 Å². The fourth-order valence-electron chi connectivity index (χ4n) is 1.92. The molecule has 1 N–H and O–H groups in total. The summed E-state index contributed by atoms with van der Waals surface area (Å²) in [4.78, 5) is 11.7. The Morgan fingerprint density at radius 2 is 2.30 bits per heavy atom. The second-order valence-corrected chi connectivity index (χ2v) is 4.84. The van der Waals surface area contributed by atoms with Crippen LogP contribution in [0.15, 0.2) is 16.6 Å². The zero-order valence-corrected chi connectivity index (χ0v) is 11.5. The van der Waals surface area contributed by atoms with Gasteiger partial charge in [-0.25, -0.2) is 0 Å². The molecule has 20 heavy (non-hydrogen) atoms. The number of carbonyl (C=O) groups is 1. The lowest BCUT2D eigenvalue weighted by Crippen LogP contribution is -2.27. The number of hydrogen-bond acceptors (Lipinski definition) is 5. The van der Waals surface area contributed by atoms with Crippen molar-refractivity contribution in [3.8, 4) is 12.3 Å². The van der Waals surface area contributed by atoms with Crippen LogP contribution in [-0.4, -0.2) is 32.9 Å². The number of amides is 1. The van der Waals surface area contributed by atoms with Gasteiger partial charge in [-0.2, -0.15) is 10.2 Å². The first kappa shape index (κ1) is 14.2. The maximum atomic E-state index is 11.7. The number of carbonyl (C=O) groups excluding carboxylic acids is 1. The third-order valence-electron chi connectivity index (χ3n) is 3.28. The summed E-state index contributed by atoms with van der Waals surface area (Å²) in [5.74, 6) is 3.43. The van der Waals surface area contributed by atoms with E-state index in [0.29, 0.717) is 32.2 Å². The minimum atomic E-state index is -0.382. The quantitative estimate of drug-likeness (QED) is 0.712. The van der Waals surface area contributed by atoms with Gasteiger partial charge in [-0.1, -0.05) is 0 Å². The monoisotopic (exact) mass is 274 g/mol. The lowest BCUT2D eigenvalue weighted by atomic mass is 10.0. The average molecular weight is 274 g/mol. The molecule has 2 heterocycles. The summed E-state index contributed by atoms with van der Waals surface area (Å²) in [6.07, 6.45) is 9.94. The summed E-state index contributed by atoms with van der Waals surface area (Å²) >= 11 is 0. The first-order chi connectivity index (χ1) is 9.65. The highest BCUT2D eigenvalue weighted by Gasteiger charge is 2.39. The Morgan fingerprint density at radius 3 is 2.90 bits per heavy atom. The van der Waals surface area contributed by atoms with Crippen LogP contribution in [0.5, 0.6) is 0 Å². The van der Waals surface area contributed by atoms with E-state index in [4.69, 9.17) is 6.42 Å². The topological polar surface area (TPSA) is 84.5 Å². The Kier molecular flexibility index (Phi) is 4.45. The largest absolute Gasteiger partial charge is 0.356 e. The van der Waals surface area contributed by atoms with Gasteiger partial charge in [0.05, 0.1) is 0 Å². The molecule has 7 heteroatoms. The molecule has 0 saturated carbocycles. The van der Waals surface area contributed by atoms with Gasteiger partial charge in [0.2, 0.25) is 5.91 Å². The molecule has 1 aliphatic heterocycles. The minimum absolute atomic E-state index is 0.00421. The van der Waals surface area contributed by atoms with Gasteiger partial charge >= 0.3 is 0 Å². The first-order valence-electron chi connectivity index (χ1n) is 6.62. The summed E-state index contributed by atoms with van der Waals surface area (Å²) in [5.41, 5.74) is -0.382. The SMILES string of the molecule is C#CCCC1(CCC(=O)NCCc2nncn2C)N=N1. The highest BCUT2D eigenvalue weighted by atomic mass is 16.1. The van der Waals surface area contributed by atoms with E-state index in [1.54, 1.807) is 6.33 Å². The van der Waals surface area contributed by atoms with Crippen molar-refractivity contribution in [1.29, 1.82) is 0 Å². The zero-order valence-electron chi connectivity index (χ0n) is 11.5. The van der Waals surface area contributed by atoms with Gasteiger partial charge in [0.15, 0.2) is 5.66 Å². The minimum Gasteiger partial charge on any atom is -0.356 e. The highest BCUT2D eigenvalue weighted by Crippen LogP contribution is 2.37. The number of aromatic nitrogens is 3. The van der Waals surface area contributed by atoms with E-state index < -0.39 is 0 Å². The smallest absolute Gasteiger partial charge is 0.220 e. The van der Waals surface area contributed by atoms with Crippen molar-refractivity contribution >= 4 is 5.91 Å². The summed E-state index contributed by atoms with van der Waals surface area (Å²) in [6, 6.07) is 0. The maximum absolute atomic E-state index is 11.7. The molecule has 1 amide bonds. The molecule has 106 valence electrons. The van der Waals surface area contributed by atoms with Gasteiger partial charge in [0.1, 0.15) is 12.2 Å². The molecule has 0 fully saturated rings. The van der Waals surface area contributed by atoms with Crippen LogP contribution >= 0.6 is 0 Å². The van der Waals surface area contributed by atoms with Crippen LogP contribution < -0.4 is 5.32 Å². The van der Waals surface area contributed by atoms with Crippen molar-refractivity contribution in [3.05, 3.63) is 12.2 Å². The van der Waals surface area contributed by atoms with Gasteiger partial charge in [-0.05, 0) is 0 Å². The van der Waals surface area contributed by atoms with Crippen molar-refractivity contribution in [2.45, 2.75) is 37.8 Å². The van der Waals surface area contributed by atoms with Crippen molar-refractivity contribution < 1.29 is 4.79 Å². The molecule has 1 aliphatic rings. The second-order valence-electron chi connectivity index (χ2n) is 4.84. The van der Waals surface area contributed by atoms with Crippen molar-refractivity contribution in [2.75, 3.05) is 6.54 Å². The van der Waals surface area contributed by atoms with Gasteiger partial charge < -0.3 is 9.88 Å². The number of nitrogens with zero attached hydrogens (tertiary/aromatic N) is 5. The maximum Gasteiger partial charge on any atom is 0.220 e. The summed E-state index contributed by atoms with van der Waals surface area (Å²) in [7, 11) is 1.88. The van der Waals surface area contributed by atoms with Crippen LogP contribution in [-0.2, 0) is 18.3 Å². The number of hydrogen-bond donors (Lipinski definition) is 1. The number of aryl methyl sites for hydroxylation is 1. The fourth-order valence-corrected chi connectivity index (χ4v) is 1.92. The first-order valence-corrected chi connectivity index (χ1v) is 6.62. The lowest BCUT2D eigenvalue weighted by Gasteiger charge is -2.09. The molecule has 1 aromatic heterocycles. The van der Waals surface area contributed by atoms with Crippen LogP contribution in [0.2, 0.25) is 0 Å². The molecule has 1 aromatic rings.